The summed E-state index contributed by atoms with van der Waals surface area (Å²) in [5.41, 5.74) is -0.422. The molecule has 0 atom stereocenters. The second-order valence-corrected chi connectivity index (χ2v) is 6.77. The first kappa shape index (κ1) is 18.7. The van der Waals surface area contributed by atoms with Gasteiger partial charge < -0.3 is 14.9 Å². The van der Waals surface area contributed by atoms with Crippen LogP contribution in [-0.4, -0.2) is 20.0 Å². The van der Waals surface area contributed by atoms with Crippen molar-refractivity contribution in [2.45, 2.75) is 0 Å². The zero-order chi connectivity index (χ0) is 20.7. The lowest BCUT2D eigenvalue weighted by molar-refractivity contribution is 0.102. The van der Waals surface area contributed by atoms with Crippen LogP contribution in [0.1, 0.15) is 10.4 Å². The van der Waals surface area contributed by atoms with Gasteiger partial charge in [-0.3, -0.25) is 9.59 Å². The van der Waals surface area contributed by atoms with Crippen molar-refractivity contribution in [1.82, 2.24) is 14.1 Å². The molecular weight excluding hydrogens is 399 g/mol. The van der Waals surface area contributed by atoms with Gasteiger partial charge in [0.05, 0.1) is 27.5 Å². The molecule has 0 unspecified atom stereocenters. The monoisotopic (exact) mass is 412 g/mol. The summed E-state index contributed by atoms with van der Waals surface area (Å²) >= 11 is 6.07. The fraction of sp³-hybridized carbons (Fsp3) is 0.0500. The molecule has 2 aromatic carbocycles. The van der Waals surface area contributed by atoms with Crippen molar-refractivity contribution in [2.24, 2.45) is 7.05 Å². The van der Waals surface area contributed by atoms with Gasteiger partial charge in [-0.05, 0) is 36.4 Å². The number of hydrogen-bond acceptors (Lipinski definition) is 3. The molecular formula is C20H14ClFN4O3. The minimum absolute atomic E-state index is 0.102. The van der Waals surface area contributed by atoms with Gasteiger partial charge in [-0.2, -0.15) is 0 Å². The number of aromatic amines is 1. The number of anilines is 1. The summed E-state index contributed by atoms with van der Waals surface area (Å²) in [5.74, 6) is -1.02. The molecule has 1 amide bonds. The molecule has 2 heterocycles. The van der Waals surface area contributed by atoms with E-state index in [1.165, 1.54) is 22.9 Å². The fourth-order valence-corrected chi connectivity index (χ4v) is 3.30. The maximum atomic E-state index is 13.2. The maximum Gasteiger partial charge on any atom is 0.333 e. The third-order valence-corrected chi connectivity index (χ3v) is 4.80. The van der Waals surface area contributed by atoms with Crippen LogP contribution in [-0.2, 0) is 7.05 Å². The van der Waals surface area contributed by atoms with Gasteiger partial charge in [0.1, 0.15) is 11.3 Å². The molecule has 0 spiro atoms. The minimum atomic E-state index is -0.743. The van der Waals surface area contributed by atoms with Crippen molar-refractivity contribution in [1.29, 1.82) is 0 Å². The Morgan fingerprint density at radius 2 is 1.79 bits per heavy atom. The van der Waals surface area contributed by atoms with E-state index in [1.54, 1.807) is 31.3 Å². The lowest BCUT2D eigenvalue weighted by Gasteiger charge is -2.07. The Bertz CT molecular complexity index is 1370. The third kappa shape index (κ3) is 3.23. The van der Waals surface area contributed by atoms with Crippen molar-refractivity contribution < 1.29 is 9.18 Å². The summed E-state index contributed by atoms with van der Waals surface area (Å²) < 4.78 is 15.5. The van der Waals surface area contributed by atoms with E-state index in [1.807, 2.05) is 0 Å². The highest BCUT2D eigenvalue weighted by Crippen LogP contribution is 2.23. The van der Waals surface area contributed by atoms with Crippen LogP contribution >= 0.6 is 11.6 Å². The van der Waals surface area contributed by atoms with Gasteiger partial charge in [-0.25, -0.2) is 13.8 Å². The average molecular weight is 413 g/mol. The van der Waals surface area contributed by atoms with Crippen LogP contribution in [0.25, 0.3) is 16.7 Å². The number of para-hydroxylation sites is 1. The Labute approximate surface area is 168 Å². The SMILES string of the molecule is Cn1cc(C(=O)Nc2ccccc2Cl)c2[nH]c(=O)n(-c3ccc(F)cc3)c(=O)c21. The van der Waals surface area contributed by atoms with E-state index in [4.69, 9.17) is 11.6 Å². The predicted octanol–water partition coefficient (Wildman–Crippen LogP) is 3.06. The molecule has 0 radical (unpaired) electrons. The van der Waals surface area contributed by atoms with Crippen molar-refractivity contribution in [3.05, 3.63) is 92.0 Å². The van der Waals surface area contributed by atoms with E-state index in [2.05, 4.69) is 10.3 Å². The van der Waals surface area contributed by atoms with Crippen LogP contribution in [0.15, 0.2) is 64.3 Å². The lowest BCUT2D eigenvalue weighted by Crippen LogP contribution is -2.34. The first-order valence-electron chi connectivity index (χ1n) is 8.53. The molecule has 29 heavy (non-hydrogen) atoms. The number of halogens is 2. The Morgan fingerprint density at radius 1 is 1.10 bits per heavy atom. The molecule has 2 aromatic heterocycles. The number of fused-ring (bicyclic) bond motifs is 1. The summed E-state index contributed by atoms with van der Waals surface area (Å²) in [4.78, 5) is 40.9. The van der Waals surface area contributed by atoms with Crippen LogP contribution in [0.2, 0.25) is 5.02 Å². The summed E-state index contributed by atoms with van der Waals surface area (Å²) in [6.45, 7) is 0. The molecule has 0 aliphatic heterocycles. The van der Waals surface area contributed by atoms with Gasteiger partial charge in [0.2, 0.25) is 0 Å². The number of nitrogens with one attached hydrogen (secondary N) is 2. The van der Waals surface area contributed by atoms with Crippen LogP contribution in [0, 0.1) is 5.82 Å². The number of hydrogen-bond donors (Lipinski definition) is 2. The molecule has 0 saturated carbocycles. The van der Waals surface area contributed by atoms with Gasteiger partial charge in [-0.15, -0.1) is 0 Å². The number of rotatable bonds is 3. The summed E-state index contributed by atoms with van der Waals surface area (Å²) in [5, 5.41) is 3.02. The number of carbonyl (C=O) groups is 1. The topological polar surface area (TPSA) is 88.9 Å². The second kappa shape index (κ2) is 7.06. The van der Waals surface area contributed by atoms with Crippen molar-refractivity contribution in [2.75, 3.05) is 5.32 Å². The highest BCUT2D eigenvalue weighted by Gasteiger charge is 2.20. The highest BCUT2D eigenvalue weighted by molar-refractivity contribution is 6.34. The van der Waals surface area contributed by atoms with E-state index < -0.39 is 23.0 Å². The van der Waals surface area contributed by atoms with Crippen molar-refractivity contribution in [3.8, 4) is 5.69 Å². The molecule has 4 rings (SSSR count). The minimum Gasteiger partial charge on any atom is -0.344 e. The van der Waals surface area contributed by atoms with Crippen LogP contribution < -0.4 is 16.6 Å². The molecule has 0 aliphatic carbocycles. The average Bonchev–Trinajstić information content (AvgIpc) is 3.01. The molecule has 0 fully saturated rings. The van der Waals surface area contributed by atoms with Crippen molar-refractivity contribution in [3.63, 3.8) is 0 Å². The molecule has 146 valence electrons. The van der Waals surface area contributed by atoms with Gasteiger partial charge in [0, 0.05) is 13.2 Å². The van der Waals surface area contributed by atoms with Crippen LogP contribution in [0.4, 0.5) is 10.1 Å². The lowest BCUT2D eigenvalue weighted by atomic mass is 10.2. The predicted molar refractivity (Wildman–Crippen MR) is 108 cm³/mol. The normalized spacial score (nSPS) is 11.0. The Hall–Kier alpha value is -3.65. The van der Waals surface area contributed by atoms with E-state index >= 15 is 0 Å². The van der Waals surface area contributed by atoms with E-state index in [9.17, 15) is 18.8 Å². The van der Waals surface area contributed by atoms with Crippen LogP contribution in [0.3, 0.4) is 0 Å². The molecule has 2 N–H and O–H groups in total. The van der Waals surface area contributed by atoms with E-state index in [0.717, 1.165) is 16.7 Å². The quantitative estimate of drug-likeness (QED) is 0.542. The second-order valence-electron chi connectivity index (χ2n) is 6.36. The summed E-state index contributed by atoms with van der Waals surface area (Å²) in [6, 6.07) is 11.7. The van der Waals surface area contributed by atoms with Gasteiger partial charge in [0.15, 0.2) is 0 Å². The van der Waals surface area contributed by atoms with Crippen LogP contribution in [0.5, 0.6) is 0 Å². The molecule has 7 nitrogen and oxygen atoms in total. The smallest absolute Gasteiger partial charge is 0.333 e. The maximum absolute atomic E-state index is 13.2. The molecule has 9 heteroatoms. The molecule has 0 bridgehead atoms. The summed E-state index contributed by atoms with van der Waals surface area (Å²) in [6.07, 6.45) is 1.45. The van der Waals surface area contributed by atoms with E-state index in [0.29, 0.717) is 10.7 Å². The zero-order valence-electron chi connectivity index (χ0n) is 15.1. The zero-order valence-corrected chi connectivity index (χ0v) is 15.8. The highest BCUT2D eigenvalue weighted by atomic mass is 35.5. The number of aryl methyl sites for hydroxylation is 1. The third-order valence-electron chi connectivity index (χ3n) is 4.47. The molecule has 4 aromatic rings. The number of amides is 1. The largest absolute Gasteiger partial charge is 0.344 e. The Kier molecular flexibility index (Phi) is 4.56. The Balaban J connectivity index is 1.86. The Morgan fingerprint density at radius 3 is 2.48 bits per heavy atom. The number of benzene rings is 2. The first-order chi connectivity index (χ1) is 13.9. The first-order valence-corrected chi connectivity index (χ1v) is 8.91. The van der Waals surface area contributed by atoms with Crippen molar-refractivity contribution >= 4 is 34.2 Å². The van der Waals surface area contributed by atoms with Gasteiger partial charge in [-0.1, -0.05) is 23.7 Å². The van der Waals surface area contributed by atoms with Gasteiger partial charge in [0.25, 0.3) is 11.5 Å². The molecule has 0 saturated heterocycles. The fourth-order valence-electron chi connectivity index (χ4n) is 3.12. The molecule has 0 aliphatic rings. The number of carbonyl (C=O) groups excluding carboxylic acids is 1. The standard InChI is InChI=1S/C20H14ClFN4O3/c1-25-10-13(18(27)23-15-5-3-2-4-14(15)21)16-17(25)19(28)26(20(29)24-16)12-8-6-11(22)7-9-12/h2-10H,1H3,(H,23,27)(H,24,29). The summed E-state index contributed by atoms with van der Waals surface area (Å²) in [7, 11) is 1.59. The van der Waals surface area contributed by atoms with E-state index in [-0.39, 0.29) is 22.3 Å². The number of H-pyrrole nitrogens is 1. The number of nitrogens with zero attached hydrogens (tertiary/aromatic N) is 2. The number of aromatic nitrogens is 3. The van der Waals surface area contributed by atoms with Gasteiger partial charge >= 0.3 is 5.69 Å².